The van der Waals surface area contributed by atoms with Crippen molar-refractivity contribution in [3.05, 3.63) is 63.7 Å². The van der Waals surface area contributed by atoms with Gasteiger partial charge in [0.25, 0.3) is 11.6 Å². The lowest BCUT2D eigenvalue weighted by Crippen LogP contribution is -2.13. The number of non-ortho nitro benzene ring substituents is 1. The molecule has 0 radical (unpaired) electrons. The van der Waals surface area contributed by atoms with Gasteiger partial charge in [-0.25, -0.2) is 0 Å². The van der Waals surface area contributed by atoms with E-state index in [1.54, 1.807) is 18.2 Å². The third-order valence-electron chi connectivity index (χ3n) is 3.44. The van der Waals surface area contributed by atoms with E-state index in [1.807, 2.05) is 6.07 Å². The molecule has 0 saturated heterocycles. The molecule has 0 aliphatic heterocycles. The van der Waals surface area contributed by atoms with Crippen LogP contribution in [-0.4, -0.2) is 25.1 Å². The highest BCUT2D eigenvalue weighted by molar-refractivity contribution is 6.09. The van der Waals surface area contributed by atoms with Gasteiger partial charge in [-0.15, -0.1) is 0 Å². The Morgan fingerprint density at radius 3 is 2.42 bits per heavy atom. The molecule has 0 fully saturated rings. The number of hydrogen-bond donors (Lipinski definition) is 1. The molecule has 0 aliphatic rings. The summed E-state index contributed by atoms with van der Waals surface area (Å²) in [6.45, 7) is 0. The number of methoxy groups -OCH3 is 2. The van der Waals surface area contributed by atoms with Crippen LogP contribution in [0.3, 0.4) is 0 Å². The molecule has 2 aromatic rings. The van der Waals surface area contributed by atoms with Gasteiger partial charge in [-0.3, -0.25) is 14.9 Å². The lowest BCUT2D eigenvalue weighted by Gasteiger charge is -2.08. The molecule has 8 nitrogen and oxygen atoms in total. The fourth-order valence-corrected chi connectivity index (χ4v) is 2.11. The van der Waals surface area contributed by atoms with Gasteiger partial charge in [-0.05, 0) is 30.3 Å². The van der Waals surface area contributed by atoms with E-state index in [1.165, 1.54) is 44.6 Å². The Balaban J connectivity index is 2.24. The number of nitrogens with one attached hydrogen (secondary N) is 1. The maximum Gasteiger partial charge on any atom is 0.269 e. The molecule has 0 aromatic heterocycles. The number of amides is 1. The van der Waals surface area contributed by atoms with E-state index in [0.29, 0.717) is 22.7 Å². The number of anilines is 1. The predicted octanol–water partition coefficient (Wildman–Crippen LogP) is 3.16. The number of carbonyl (C=O) groups is 1. The Labute approximate surface area is 149 Å². The van der Waals surface area contributed by atoms with Gasteiger partial charge in [0.1, 0.15) is 23.1 Å². The lowest BCUT2D eigenvalue weighted by molar-refractivity contribution is -0.384. The van der Waals surface area contributed by atoms with Crippen molar-refractivity contribution in [3.8, 4) is 17.6 Å². The first-order valence-corrected chi connectivity index (χ1v) is 7.38. The van der Waals surface area contributed by atoms with Crippen LogP contribution in [0, 0.1) is 21.4 Å². The van der Waals surface area contributed by atoms with Gasteiger partial charge in [0.2, 0.25) is 0 Å². The van der Waals surface area contributed by atoms with Crippen molar-refractivity contribution in [2.75, 3.05) is 19.5 Å². The van der Waals surface area contributed by atoms with Gasteiger partial charge >= 0.3 is 0 Å². The van der Waals surface area contributed by atoms with E-state index < -0.39 is 10.8 Å². The predicted molar refractivity (Wildman–Crippen MR) is 94.9 cm³/mol. The molecule has 0 spiro atoms. The summed E-state index contributed by atoms with van der Waals surface area (Å²) < 4.78 is 10.3. The highest BCUT2D eigenvalue weighted by Crippen LogP contribution is 2.26. The SMILES string of the molecule is COc1ccc(/C=C(\C#N)C(=O)Nc2ccc([N+](=O)[O-])cc2)c(OC)c1. The number of ether oxygens (including phenoxy) is 2. The number of nitro groups is 1. The van der Waals surface area contributed by atoms with Crippen LogP contribution in [0.2, 0.25) is 0 Å². The first-order chi connectivity index (χ1) is 12.5. The summed E-state index contributed by atoms with van der Waals surface area (Å²) in [5, 5.41) is 22.4. The van der Waals surface area contributed by atoms with E-state index in [4.69, 9.17) is 9.47 Å². The van der Waals surface area contributed by atoms with Crippen LogP contribution in [0.4, 0.5) is 11.4 Å². The van der Waals surface area contributed by atoms with Crippen LogP contribution < -0.4 is 14.8 Å². The highest BCUT2D eigenvalue weighted by Gasteiger charge is 2.13. The molecule has 8 heteroatoms. The summed E-state index contributed by atoms with van der Waals surface area (Å²) in [6.07, 6.45) is 1.39. The Morgan fingerprint density at radius 2 is 1.88 bits per heavy atom. The second-order valence-corrected chi connectivity index (χ2v) is 5.04. The van der Waals surface area contributed by atoms with Crippen LogP contribution in [0.1, 0.15) is 5.56 Å². The summed E-state index contributed by atoms with van der Waals surface area (Å²) in [6, 6.07) is 12.1. The molecule has 0 bridgehead atoms. The number of nitrogens with zero attached hydrogens (tertiary/aromatic N) is 2. The quantitative estimate of drug-likeness (QED) is 0.369. The summed E-state index contributed by atoms with van der Waals surface area (Å²) in [5.74, 6) is 0.382. The smallest absolute Gasteiger partial charge is 0.269 e. The van der Waals surface area contributed by atoms with Gasteiger partial charge in [0, 0.05) is 29.4 Å². The molecular weight excluding hydrogens is 338 g/mol. The number of nitro benzene ring substituents is 1. The summed E-state index contributed by atoms with van der Waals surface area (Å²) in [5.41, 5.74) is 0.626. The van der Waals surface area contributed by atoms with Gasteiger partial charge in [-0.2, -0.15) is 5.26 Å². The average Bonchev–Trinajstić information content (AvgIpc) is 2.66. The number of carbonyl (C=O) groups excluding carboxylic acids is 1. The molecule has 0 heterocycles. The zero-order chi connectivity index (χ0) is 19.1. The second kappa shape index (κ2) is 8.30. The largest absolute Gasteiger partial charge is 0.497 e. The Morgan fingerprint density at radius 1 is 1.19 bits per heavy atom. The second-order valence-electron chi connectivity index (χ2n) is 5.04. The molecule has 2 aromatic carbocycles. The molecule has 0 unspecified atom stereocenters. The van der Waals surface area contributed by atoms with E-state index in [-0.39, 0.29) is 11.3 Å². The van der Waals surface area contributed by atoms with Crippen LogP contribution in [0.15, 0.2) is 48.0 Å². The topological polar surface area (TPSA) is 114 Å². The van der Waals surface area contributed by atoms with Gasteiger partial charge in [0.05, 0.1) is 19.1 Å². The first kappa shape index (κ1) is 18.5. The molecule has 132 valence electrons. The molecule has 1 N–H and O–H groups in total. The minimum absolute atomic E-state index is 0.0954. The van der Waals surface area contributed by atoms with Gasteiger partial charge in [0.15, 0.2) is 0 Å². The van der Waals surface area contributed by atoms with Crippen molar-refractivity contribution in [1.82, 2.24) is 0 Å². The number of benzene rings is 2. The van der Waals surface area contributed by atoms with Crippen LogP contribution in [0.25, 0.3) is 6.08 Å². The van der Waals surface area contributed by atoms with Crippen molar-refractivity contribution < 1.29 is 19.2 Å². The summed E-state index contributed by atoms with van der Waals surface area (Å²) in [7, 11) is 2.98. The number of hydrogen-bond acceptors (Lipinski definition) is 6. The zero-order valence-electron chi connectivity index (χ0n) is 14.1. The maximum atomic E-state index is 12.3. The normalized spacial score (nSPS) is 10.6. The Bertz CT molecular complexity index is 898. The fraction of sp³-hybridized carbons (Fsp3) is 0.111. The lowest BCUT2D eigenvalue weighted by atomic mass is 10.1. The standard InChI is InChI=1S/C18H15N3O5/c1-25-16-8-3-12(17(10-16)26-2)9-13(11-19)18(22)20-14-4-6-15(7-5-14)21(23)24/h3-10H,1-2H3,(H,20,22)/b13-9+. The van der Waals surface area contributed by atoms with Gasteiger partial charge in [-0.1, -0.05) is 0 Å². The molecular formula is C18H15N3O5. The Kier molecular flexibility index (Phi) is 5.90. The zero-order valence-corrected chi connectivity index (χ0v) is 14.1. The van der Waals surface area contributed by atoms with E-state index in [2.05, 4.69) is 5.32 Å². The average molecular weight is 353 g/mol. The molecule has 0 aliphatic carbocycles. The van der Waals surface area contributed by atoms with Crippen molar-refractivity contribution >= 4 is 23.4 Å². The van der Waals surface area contributed by atoms with Crippen molar-refractivity contribution in [3.63, 3.8) is 0 Å². The molecule has 1 amide bonds. The first-order valence-electron chi connectivity index (χ1n) is 7.38. The minimum atomic E-state index is -0.640. The van der Waals surface area contributed by atoms with Crippen LogP contribution >= 0.6 is 0 Å². The monoisotopic (exact) mass is 353 g/mol. The van der Waals surface area contributed by atoms with Crippen LogP contribution in [-0.2, 0) is 4.79 Å². The van der Waals surface area contributed by atoms with E-state index in [0.717, 1.165) is 0 Å². The van der Waals surface area contributed by atoms with Crippen LogP contribution in [0.5, 0.6) is 11.5 Å². The van der Waals surface area contributed by atoms with Crippen molar-refractivity contribution in [2.24, 2.45) is 0 Å². The number of rotatable bonds is 6. The Hall–Kier alpha value is -3.86. The maximum absolute atomic E-state index is 12.3. The third-order valence-corrected chi connectivity index (χ3v) is 3.44. The molecule has 26 heavy (non-hydrogen) atoms. The minimum Gasteiger partial charge on any atom is -0.497 e. The fourth-order valence-electron chi connectivity index (χ4n) is 2.11. The molecule has 0 atom stereocenters. The summed E-state index contributed by atoms with van der Waals surface area (Å²) >= 11 is 0. The molecule has 0 saturated carbocycles. The third kappa shape index (κ3) is 4.36. The highest BCUT2D eigenvalue weighted by atomic mass is 16.6. The van der Waals surface area contributed by atoms with Gasteiger partial charge < -0.3 is 14.8 Å². The number of nitriles is 1. The van der Waals surface area contributed by atoms with Crippen molar-refractivity contribution in [1.29, 1.82) is 5.26 Å². The van der Waals surface area contributed by atoms with E-state index in [9.17, 15) is 20.2 Å². The van der Waals surface area contributed by atoms with E-state index >= 15 is 0 Å². The molecule has 2 rings (SSSR count). The summed E-state index contributed by atoms with van der Waals surface area (Å²) in [4.78, 5) is 22.4. The van der Waals surface area contributed by atoms with Crippen molar-refractivity contribution in [2.45, 2.75) is 0 Å².